The van der Waals surface area contributed by atoms with Crippen molar-refractivity contribution in [3.05, 3.63) is 45.4 Å². The first-order valence-electron chi connectivity index (χ1n) is 5.61. The van der Waals surface area contributed by atoms with Crippen LogP contribution >= 0.6 is 11.6 Å². The second-order valence-electron chi connectivity index (χ2n) is 4.17. The molecule has 3 rings (SSSR count). The number of halogens is 1. The fraction of sp³-hybridized carbons (Fsp3) is 0.0769. The van der Waals surface area contributed by atoms with E-state index in [0.29, 0.717) is 21.7 Å². The number of nitrogens with one attached hydrogen (secondary N) is 1. The van der Waals surface area contributed by atoms with Crippen LogP contribution in [0.15, 0.2) is 33.5 Å². The largest absolute Gasteiger partial charge is 0.442 e. The number of aromatic nitrogens is 2. The molecular formula is C13H10ClN3O2. The van der Waals surface area contributed by atoms with Gasteiger partial charge in [-0.1, -0.05) is 23.7 Å². The summed E-state index contributed by atoms with van der Waals surface area (Å²) in [4.78, 5) is 18.5. The van der Waals surface area contributed by atoms with Crippen molar-refractivity contribution in [2.45, 2.75) is 6.92 Å². The molecule has 96 valence electrons. The summed E-state index contributed by atoms with van der Waals surface area (Å²) < 4.78 is 5.50. The number of aryl methyl sites for hydroxylation is 1. The minimum atomic E-state index is -0.315. The Hall–Kier alpha value is -2.27. The summed E-state index contributed by atoms with van der Waals surface area (Å²) in [5, 5.41) is 1.03. The first-order valence-corrected chi connectivity index (χ1v) is 5.99. The van der Waals surface area contributed by atoms with Crippen molar-refractivity contribution in [1.82, 2.24) is 9.97 Å². The number of rotatable bonds is 1. The van der Waals surface area contributed by atoms with Crippen molar-refractivity contribution in [2.75, 3.05) is 5.73 Å². The van der Waals surface area contributed by atoms with Gasteiger partial charge in [0.05, 0.1) is 0 Å². The molecule has 0 bridgehead atoms. The molecule has 0 aliphatic carbocycles. The lowest BCUT2D eigenvalue weighted by molar-refractivity contribution is 0.569. The molecule has 0 saturated carbocycles. The van der Waals surface area contributed by atoms with Crippen molar-refractivity contribution in [3.63, 3.8) is 0 Å². The lowest BCUT2D eigenvalue weighted by Crippen LogP contribution is -2.10. The molecule has 0 fully saturated rings. The van der Waals surface area contributed by atoms with Gasteiger partial charge in [-0.25, -0.2) is 0 Å². The molecule has 2 heterocycles. The van der Waals surface area contributed by atoms with Gasteiger partial charge in [0.15, 0.2) is 0 Å². The standard InChI is InChI=1S/C13H10ClN3O2/c1-6-9(7-2-4-8(14)5-3-7)10-11(18)16-13(15)17-12(10)19-6/h2-5H,1H3,(H3,15,16,17,18). The Balaban J connectivity index is 2.38. The maximum absolute atomic E-state index is 12.0. The molecule has 19 heavy (non-hydrogen) atoms. The van der Waals surface area contributed by atoms with E-state index in [9.17, 15) is 4.79 Å². The van der Waals surface area contributed by atoms with Crippen LogP contribution in [0.4, 0.5) is 5.95 Å². The lowest BCUT2D eigenvalue weighted by Gasteiger charge is -2.00. The second kappa shape index (κ2) is 4.13. The molecule has 6 heteroatoms. The van der Waals surface area contributed by atoms with E-state index in [2.05, 4.69) is 9.97 Å². The van der Waals surface area contributed by atoms with Crippen LogP contribution in [-0.4, -0.2) is 9.97 Å². The van der Waals surface area contributed by atoms with Gasteiger partial charge >= 0.3 is 0 Å². The molecule has 3 aromatic rings. The van der Waals surface area contributed by atoms with Gasteiger partial charge in [0.2, 0.25) is 11.7 Å². The zero-order valence-corrected chi connectivity index (χ0v) is 10.8. The number of hydrogen-bond acceptors (Lipinski definition) is 4. The number of fused-ring (bicyclic) bond motifs is 1. The summed E-state index contributed by atoms with van der Waals surface area (Å²) in [5.41, 5.74) is 6.98. The molecule has 0 unspecified atom stereocenters. The highest BCUT2D eigenvalue weighted by atomic mass is 35.5. The van der Waals surface area contributed by atoms with Gasteiger partial charge in [0.1, 0.15) is 11.1 Å². The van der Waals surface area contributed by atoms with E-state index in [1.807, 2.05) is 12.1 Å². The topological polar surface area (TPSA) is 84.9 Å². The molecule has 0 radical (unpaired) electrons. The summed E-state index contributed by atoms with van der Waals surface area (Å²) in [6, 6.07) is 7.17. The van der Waals surface area contributed by atoms with Crippen LogP contribution in [0.3, 0.4) is 0 Å². The van der Waals surface area contributed by atoms with Gasteiger partial charge in [0, 0.05) is 10.6 Å². The van der Waals surface area contributed by atoms with Crippen LogP contribution in [-0.2, 0) is 0 Å². The van der Waals surface area contributed by atoms with Crippen LogP contribution in [0.2, 0.25) is 5.02 Å². The number of nitrogens with zero attached hydrogens (tertiary/aromatic N) is 1. The predicted octanol–water partition coefficient (Wildman–Crippen LogP) is 2.73. The summed E-state index contributed by atoms with van der Waals surface area (Å²) in [6.45, 7) is 1.78. The van der Waals surface area contributed by atoms with Crippen molar-refractivity contribution in [2.24, 2.45) is 0 Å². The Bertz CT molecular complexity index is 818. The summed E-state index contributed by atoms with van der Waals surface area (Å²) in [6.07, 6.45) is 0. The zero-order valence-electron chi connectivity index (χ0n) is 10.0. The predicted molar refractivity (Wildman–Crippen MR) is 74.2 cm³/mol. The van der Waals surface area contributed by atoms with Crippen LogP contribution in [0.5, 0.6) is 0 Å². The van der Waals surface area contributed by atoms with E-state index in [1.54, 1.807) is 19.1 Å². The summed E-state index contributed by atoms with van der Waals surface area (Å²) in [5.74, 6) is 0.648. The Kier molecular flexibility index (Phi) is 2.57. The van der Waals surface area contributed by atoms with Gasteiger partial charge in [-0.05, 0) is 24.6 Å². The van der Waals surface area contributed by atoms with Crippen LogP contribution in [0, 0.1) is 6.92 Å². The highest BCUT2D eigenvalue weighted by Crippen LogP contribution is 2.32. The lowest BCUT2D eigenvalue weighted by atomic mass is 10.0. The molecule has 5 nitrogen and oxygen atoms in total. The highest BCUT2D eigenvalue weighted by Gasteiger charge is 2.17. The first kappa shape index (κ1) is 11.8. The molecule has 0 aliphatic heterocycles. The van der Waals surface area contributed by atoms with Crippen molar-refractivity contribution in [3.8, 4) is 11.1 Å². The summed E-state index contributed by atoms with van der Waals surface area (Å²) in [7, 11) is 0. The minimum absolute atomic E-state index is 0.0360. The number of H-pyrrole nitrogens is 1. The third-order valence-electron chi connectivity index (χ3n) is 2.89. The number of anilines is 1. The van der Waals surface area contributed by atoms with E-state index in [-0.39, 0.29) is 17.2 Å². The smallest absolute Gasteiger partial charge is 0.264 e. The fourth-order valence-corrected chi connectivity index (χ4v) is 2.23. The van der Waals surface area contributed by atoms with Crippen molar-refractivity contribution in [1.29, 1.82) is 0 Å². The maximum Gasteiger partial charge on any atom is 0.264 e. The quantitative estimate of drug-likeness (QED) is 0.715. The second-order valence-corrected chi connectivity index (χ2v) is 4.61. The van der Waals surface area contributed by atoms with E-state index in [0.717, 1.165) is 5.56 Å². The van der Waals surface area contributed by atoms with Crippen LogP contribution in [0.1, 0.15) is 5.76 Å². The first-order chi connectivity index (χ1) is 9.06. The third kappa shape index (κ3) is 1.88. The third-order valence-corrected chi connectivity index (χ3v) is 3.14. The Morgan fingerprint density at radius 2 is 2.00 bits per heavy atom. The van der Waals surface area contributed by atoms with E-state index in [1.165, 1.54) is 0 Å². The van der Waals surface area contributed by atoms with Gasteiger partial charge in [-0.15, -0.1) is 0 Å². The van der Waals surface area contributed by atoms with E-state index >= 15 is 0 Å². The average molecular weight is 276 g/mol. The van der Waals surface area contributed by atoms with E-state index < -0.39 is 0 Å². The number of nitrogen functional groups attached to an aromatic ring is 1. The number of aromatic amines is 1. The average Bonchev–Trinajstić information content (AvgIpc) is 2.66. The van der Waals surface area contributed by atoms with E-state index in [4.69, 9.17) is 21.8 Å². The number of benzene rings is 1. The number of furan rings is 1. The van der Waals surface area contributed by atoms with Gasteiger partial charge in [-0.2, -0.15) is 4.98 Å². The normalized spacial score (nSPS) is 11.1. The maximum atomic E-state index is 12.0. The number of hydrogen-bond donors (Lipinski definition) is 2. The van der Waals surface area contributed by atoms with Gasteiger partial charge in [0.25, 0.3) is 5.56 Å². The highest BCUT2D eigenvalue weighted by molar-refractivity contribution is 6.30. The Morgan fingerprint density at radius 1 is 1.32 bits per heavy atom. The molecule has 0 atom stereocenters. The molecule has 0 aliphatic rings. The fourth-order valence-electron chi connectivity index (χ4n) is 2.10. The van der Waals surface area contributed by atoms with Gasteiger partial charge in [-0.3, -0.25) is 9.78 Å². The zero-order chi connectivity index (χ0) is 13.6. The van der Waals surface area contributed by atoms with Crippen LogP contribution in [0.25, 0.3) is 22.2 Å². The molecule has 2 aromatic heterocycles. The minimum Gasteiger partial charge on any atom is -0.442 e. The summed E-state index contributed by atoms with van der Waals surface area (Å²) >= 11 is 5.86. The monoisotopic (exact) mass is 275 g/mol. The molecule has 0 amide bonds. The molecule has 1 aromatic carbocycles. The Morgan fingerprint density at radius 3 is 2.68 bits per heavy atom. The molecule has 0 spiro atoms. The van der Waals surface area contributed by atoms with Gasteiger partial charge < -0.3 is 10.2 Å². The van der Waals surface area contributed by atoms with Crippen molar-refractivity contribution < 1.29 is 4.42 Å². The molecular weight excluding hydrogens is 266 g/mol. The van der Waals surface area contributed by atoms with Crippen LogP contribution < -0.4 is 11.3 Å². The molecule has 0 saturated heterocycles. The van der Waals surface area contributed by atoms with Crippen molar-refractivity contribution >= 4 is 28.6 Å². The Labute approximate surface area is 113 Å². The number of nitrogens with two attached hydrogens (primary N) is 1. The SMILES string of the molecule is Cc1oc2nc(N)[nH]c(=O)c2c1-c1ccc(Cl)cc1. The molecule has 3 N–H and O–H groups in total.